The first-order chi connectivity index (χ1) is 18.0. The second kappa shape index (κ2) is 10.7. The maximum Gasteiger partial charge on any atom is 0.295 e. The number of hydrogen-bond donors (Lipinski definition) is 3. The smallest absolute Gasteiger partial charge is 0.295 e. The van der Waals surface area contributed by atoms with Crippen LogP contribution in [0.3, 0.4) is 0 Å². The van der Waals surface area contributed by atoms with Crippen molar-refractivity contribution in [2.75, 3.05) is 31.2 Å². The van der Waals surface area contributed by atoms with E-state index in [0.29, 0.717) is 38.1 Å². The van der Waals surface area contributed by atoms with E-state index in [9.17, 15) is 14.0 Å². The molecular formula is C27H32FN7O2. The van der Waals surface area contributed by atoms with Crippen LogP contribution >= 0.6 is 0 Å². The first-order valence-electron chi connectivity index (χ1n) is 12.7. The molecule has 2 aliphatic rings. The molecule has 3 heterocycles. The van der Waals surface area contributed by atoms with Crippen molar-refractivity contribution in [3.8, 4) is 0 Å². The highest BCUT2D eigenvalue weighted by molar-refractivity contribution is 6.45. The van der Waals surface area contributed by atoms with Gasteiger partial charge < -0.3 is 15.6 Å². The van der Waals surface area contributed by atoms with Gasteiger partial charge in [0.1, 0.15) is 0 Å². The Hall–Kier alpha value is -3.76. The van der Waals surface area contributed by atoms with Gasteiger partial charge in [0.05, 0.1) is 22.7 Å². The molecule has 2 fully saturated rings. The zero-order valence-electron chi connectivity index (χ0n) is 20.6. The lowest BCUT2D eigenvalue weighted by atomic mass is 9.79. The third-order valence-electron chi connectivity index (χ3n) is 7.60. The minimum atomic E-state index is -0.756. The monoisotopic (exact) mass is 505 g/mol. The third kappa shape index (κ3) is 4.82. The number of nitrogens with two attached hydrogens (primary N) is 2. The van der Waals surface area contributed by atoms with E-state index in [4.69, 9.17) is 11.6 Å². The van der Waals surface area contributed by atoms with Crippen molar-refractivity contribution in [2.45, 2.75) is 37.6 Å². The summed E-state index contributed by atoms with van der Waals surface area (Å²) in [6.45, 7) is 2.32. The van der Waals surface area contributed by atoms with Crippen LogP contribution in [0, 0.1) is 5.82 Å². The molecule has 0 spiro atoms. The normalized spacial score (nSPS) is 21.0. The van der Waals surface area contributed by atoms with Crippen LogP contribution in [0.2, 0.25) is 0 Å². The zero-order valence-corrected chi connectivity index (χ0v) is 20.6. The van der Waals surface area contributed by atoms with Gasteiger partial charge in [-0.3, -0.25) is 19.5 Å². The Bertz CT molecular complexity index is 1300. The van der Waals surface area contributed by atoms with E-state index in [0.717, 1.165) is 24.0 Å². The molecular weight excluding hydrogens is 473 g/mol. The van der Waals surface area contributed by atoms with Crippen molar-refractivity contribution >= 4 is 28.4 Å². The van der Waals surface area contributed by atoms with Crippen LogP contribution in [0.25, 0.3) is 10.9 Å². The van der Waals surface area contributed by atoms with Gasteiger partial charge in [0, 0.05) is 50.8 Å². The number of aromatic nitrogens is 2. The van der Waals surface area contributed by atoms with E-state index in [1.807, 2.05) is 6.07 Å². The summed E-state index contributed by atoms with van der Waals surface area (Å²) in [7, 11) is 0. The van der Waals surface area contributed by atoms with Crippen molar-refractivity contribution in [2.24, 2.45) is 11.6 Å². The molecule has 9 nitrogen and oxygen atoms in total. The fourth-order valence-corrected chi connectivity index (χ4v) is 5.79. The molecule has 0 bridgehead atoms. The molecule has 2 aromatic heterocycles. The number of hydrazine groups is 1. The number of benzene rings is 1. The number of piperazine rings is 1. The molecule has 1 aliphatic carbocycles. The molecule has 37 heavy (non-hydrogen) atoms. The number of nitrogens with zero attached hydrogens (tertiary/aromatic N) is 4. The average Bonchev–Trinajstić information content (AvgIpc) is 3.39. The summed E-state index contributed by atoms with van der Waals surface area (Å²) in [5.74, 6) is 4.46. The Morgan fingerprint density at radius 1 is 1.11 bits per heavy atom. The summed E-state index contributed by atoms with van der Waals surface area (Å²) < 4.78 is 14.7. The lowest BCUT2D eigenvalue weighted by molar-refractivity contribution is -0.128. The van der Waals surface area contributed by atoms with E-state index in [-0.39, 0.29) is 22.3 Å². The fraction of sp³-hybridized carbons (Fsp3) is 0.370. The summed E-state index contributed by atoms with van der Waals surface area (Å²) in [6, 6.07) is 11.1. The molecule has 1 amide bonds. The number of H-pyrrole nitrogens is 1. The quantitative estimate of drug-likeness (QED) is 0.204. The molecule has 5 rings (SSSR count). The highest BCUT2D eigenvalue weighted by atomic mass is 19.1. The minimum absolute atomic E-state index is 0.0178. The Morgan fingerprint density at radius 2 is 1.84 bits per heavy atom. The lowest BCUT2D eigenvalue weighted by Gasteiger charge is -2.44. The van der Waals surface area contributed by atoms with Crippen molar-refractivity contribution in [1.82, 2.24) is 19.8 Å². The van der Waals surface area contributed by atoms with Gasteiger partial charge in [-0.15, -0.1) is 0 Å². The van der Waals surface area contributed by atoms with Gasteiger partial charge in [-0.2, -0.15) is 0 Å². The van der Waals surface area contributed by atoms with Gasteiger partial charge in [-0.1, -0.05) is 43.2 Å². The maximum atomic E-state index is 14.7. The molecule has 1 aromatic carbocycles. The topological polar surface area (TPSA) is 125 Å². The van der Waals surface area contributed by atoms with E-state index in [2.05, 4.69) is 39.1 Å². The number of carbonyl (C=O) groups is 2. The largest absolute Gasteiger partial charge is 0.403 e. The summed E-state index contributed by atoms with van der Waals surface area (Å²) in [6.07, 6.45) is 9.60. The number of anilines is 1. The van der Waals surface area contributed by atoms with E-state index >= 15 is 0 Å². The highest BCUT2D eigenvalue weighted by Gasteiger charge is 2.35. The van der Waals surface area contributed by atoms with Crippen LogP contribution < -0.4 is 16.6 Å². The number of rotatable bonds is 6. The summed E-state index contributed by atoms with van der Waals surface area (Å²) in [5, 5.41) is 1.09. The second-order valence-corrected chi connectivity index (χ2v) is 9.66. The first kappa shape index (κ1) is 24.9. The van der Waals surface area contributed by atoms with Crippen LogP contribution in [-0.4, -0.2) is 63.7 Å². The number of amides is 1. The number of pyridine rings is 1. The molecule has 5 N–H and O–H groups in total. The number of fused-ring (bicyclic) bond motifs is 1. The van der Waals surface area contributed by atoms with E-state index in [1.165, 1.54) is 37.0 Å². The molecule has 1 saturated carbocycles. The molecule has 0 radical (unpaired) electrons. The number of carbonyl (C=O) groups excluding carboxylic acids is 2. The number of hydrogen-bond acceptors (Lipinski definition) is 7. The van der Waals surface area contributed by atoms with Gasteiger partial charge in [0.15, 0.2) is 11.6 Å². The first-order valence-corrected chi connectivity index (χ1v) is 12.7. The van der Waals surface area contributed by atoms with Crippen molar-refractivity contribution < 1.29 is 14.0 Å². The zero-order chi connectivity index (χ0) is 25.9. The van der Waals surface area contributed by atoms with E-state index in [1.54, 1.807) is 4.90 Å². The minimum Gasteiger partial charge on any atom is -0.403 e. The molecule has 0 unspecified atom stereocenters. The van der Waals surface area contributed by atoms with Crippen LogP contribution in [-0.2, 0) is 4.79 Å². The summed E-state index contributed by atoms with van der Waals surface area (Å²) in [4.78, 5) is 37.3. The molecule has 1 saturated heterocycles. The SMILES string of the molecule is N/C=C\N(N)c1ncc(F)c2c(C(=O)C(=O)N3CCN([C@H]4CCCC[C@H]4c4ccccc4)CC3)c[nH]c12. The van der Waals surface area contributed by atoms with Crippen LogP contribution in [0.1, 0.15) is 47.5 Å². The Balaban J connectivity index is 1.29. The number of ketones is 1. The molecule has 3 aromatic rings. The Labute approximate surface area is 214 Å². The van der Waals surface area contributed by atoms with Gasteiger partial charge in [-0.05, 0) is 24.3 Å². The van der Waals surface area contributed by atoms with Gasteiger partial charge >= 0.3 is 0 Å². The van der Waals surface area contributed by atoms with E-state index < -0.39 is 17.5 Å². The Kier molecular flexibility index (Phi) is 7.20. The predicted molar refractivity (Wildman–Crippen MR) is 140 cm³/mol. The number of halogens is 1. The fourth-order valence-electron chi connectivity index (χ4n) is 5.79. The van der Waals surface area contributed by atoms with Crippen LogP contribution in [0.4, 0.5) is 10.2 Å². The predicted octanol–water partition coefficient (Wildman–Crippen LogP) is 2.87. The van der Waals surface area contributed by atoms with Crippen molar-refractivity contribution in [3.05, 3.63) is 72.1 Å². The second-order valence-electron chi connectivity index (χ2n) is 9.66. The molecule has 194 valence electrons. The summed E-state index contributed by atoms with van der Waals surface area (Å²) in [5.41, 5.74) is 6.94. The molecule has 1 aliphatic heterocycles. The molecule has 2 atom stereocenters. The standard InChI is InChI=1S/C27H32FN7O2/c28-21-17-32-26(35(30)11-10-29)24-23(21)20(16-31-24)25(36)27(37)34-14-12-33(13-15-34)22-9-5-4-8-19(22)18-6-2-1-3-7-18/h1-3,6-7,10-11,16-17,19,22,31H,4-5,8-9,12-15,29-30H2/b11-10-/t19-,22-/m0/s1. The van der Waals surface area contributed by atoms with Crippen LogP contribution in [0.5, 0.6) is 0 Å². The van der Waals surface area contributed by atoms with Crippen LogP contribution in [0.15, 0.2) is 55.1 Å². The Morgan fingerprint density at radius 3 is 2.57 bits per heavy atom. The number of Topliss-reactive ketones (excluding diaryl/α,β-unsaturated/α-hetero) is 1. The highest BCUT2D eigenvalue weighted by Crippen LogP contribution is 2.36. The van der Waals surface area contributed by atoms with Gasteiger partial charge in [0.25, 0.3) is 11.7 Å². The van der Waals surface area contributed by atoms with Gasteiger partial charge in [-0.25, -0.2) is 15.2 Å². The van der Waals surface area contributed by atoms with Crippen molar-refractivity contribution in [1.29, 1.82) is 0 Å². The third-order valence-corrected chi connectivity index (χ3v) is 7.60. The lowest BCUT2D eigenvalue weighted by Crippen LogP contribution is -2.54. The average molecular weight is 506 g/mol. The van der Waals surface area contributed by atoms with Gasteiger partial charge in [0.2, 0.25) is 0 Å². The molecule has 10 heteroatoms. The summed E-state index contributed by atoms with van der Waals surface area (Å²) >= 11 is 0. The number of nitrogens with one attached hydrogen (secondary N) is 1. The number of aromatic amines is 1. The maximum absolute atomic E-state index is 14.7. The van der Waals surface area contributed by atoms with Crippen molar-refractivity contribution in [3.63, 3.8) is 0 Å².